The van der Waals surface area contributed by atoms with Gasteiger partial charge >= 0.3 is 17.4 Å². The lowest BCUT2D eigenvalue weighted by molar-refractivity contribution is -0.539. The summed E-state index contributed by atoms with van der Waals surface area (Å²) in [4.78, 5) is 34.7. The molecule has 1 rings (SSSR count). The molecule has 0 aromatic heterocycles. The van der Waals surface area contributed by atoms with E-state index in [9.17, 15) is 9.59 Å². The van der Waals surface area contributed by atoms with Crippen molar-refractivity contribution in [2.45, 2.75) is 38.5 Å². The Balaban J connectivity index is 0.00000576. The summed E-state index contributed by atoms with van der Waals surface area (Å²) in [5.74, 6) is 0. The van der Waals surface area contributed by atoms with Gasteiger partial charge in [0, 0.05) is 19.0 Å². The van der Waals surface area contributed by atoms with Gasteiger partial charge in [0.25, 0.3) is 0 Å². The maximum absolute atomic E-state index is 11.9. The van der Waals surface area contributed by atoms with Gasteiger partial charge < -0.3 is 23.7 Å². The number of amidine groups is 1. The summed E-state index contributed by atoms with van der Waals surface area (Å²) < 4.78 is 1.13. The highest BCUT2D eigenvalue weighted by Gasteiger charge is 2.49. The molecule has 0 bridgehead atoms. The molecule has 2 amide bonds. The van der Waals surface area contributed by atoms with Crippen LogP contribution in [-0.2, 0) is 23.2 Å². The molecular weight excluding hydrogens is 386 g/mol. The smallest absolute Gasteiger partial charge is 0.460 e. The zero-order chi connectivity index (χ0) is 18.5. The molecule has 1 fully saturated rings. The highest BCUT2D eigenvalue weighted by atomic mass is 32.2. The minimum absolute atomic E-state index is 0. The third kappa shape index (κ3) is 6.78. The van der Waals surface area contributed by atoms with E-state index in [0.29, 0.717) is 16.6 Å². The van der Waals surface area contributed by atoms with Crippen molar-refractivity contribution in [3.63, 3.8) is 0 Å². The number of hydrogen-bond acceptors (Lipinski definition) is 8. The van der Waals surface area contributed by atoms with Crippen LogP contribution in [0.1, 0.15) is 27.7 Å². The number of nitrogens with one attached hydrogen (secondary N) is 1. The van der Waals surface area contributed by atoms with Crippen molar-refractivity contribution in [2.75, 3.05) is 20.6 Å². The van der Waals surface area contributed by atoms with E-state index in [1.54, 1.807) is 14.0 Å². The Morgan fingerprint density at radius 1 is 1.44 bits per heavy atom. The second kappa shape index (κ2) is 9.92. The summed E-state index contributed by atoms with van der Waals surface area (Å²) in [6.45, 7) is 7.89. The molecule has 1 saturated heterocycles. The van der Waals surface area contributed by atoms with Gasteiger partial charge in [0.2, 0.25) is 0 Å². The predicted molar refractivity (Wildman–Crippen MR) is 102 cm³/mol. The molecule has 0 radical (unpaired) electrons. The molecule has 9 nitrogen and oxygen atoms in total. The topological polar surface area (TPSA) is 95.6 Å². The van der Waals surface area contributed by atoms with Crippen LogP contribution in [0.3, 0.4) is 0 Å². The van der Waals surface area contributed by atoms with E-state index in [1.165, 1.54) is 28.4 Å². The fourth-order valence-electron chi connectivity index (χ4n) is 1.67. The third-order valence-electron chi connectivity index (χ3n) is 3.31. The Labute approximate surface area is 163 Å². The number of carbonyl (C=O) groups is 2. The van der Waals surface area contributed by atoms with Gasteiger partial charge in [-0.2, -0.15) is 4.84 Å². The highest BCUT2D eigenvalue weighted by Crippen LogP contribution is 2.38. The monoisotopic (exact) mass is 408 g/mol. The first-order chi connectivity index (χ1) is 11.1. The van der Waals surface area contributed by atoms with Crippen LogP contribution >= 0.6 is 24.0 Å². The van der Waals surface area contributed by atoms with Gasteiger partial charge in [-0.25, -0.2) is 9.59 Å². The number of nitrogens with zero attached hydrogens (tertiary/aromatic N) is 4. The number of hydrogen-bond donors (Lipinski definition) is 1. The summed E-state index contributed by atoms with van der Waals surface area (Å²) in [7, 11) is 2.98. The van der Waals surface area contributed by atoms with Gasteiger partial charge in [-0.1, -0.05) is 16.9 Å². The van der Waals surface area contributed by atoms with Crippen LogP contribution in [0.15, 0.2) is 10.4 Å². The largest absolute Gasteiger partial charge is 2.00 e. The summed E-state index contributed by atoms with van der Waals surface area (Å²) in [5, 5.41) is 10.2. The average Bonchev–Trinajstić information content (AvgIpc) is 2.71. The van der Waals surface area contributed by atoms with Gasteiger partial charge in [-0.3, -0.25) is 4.84 Å². The summed E-state index contributed by atoms with van der Waals surface area (Å²) >= 11 is 6.31. The Morgan fingerprint density at radius 3 is 2.56 bits per heavy atom. The quantitative estimate of drug-likeness (QED) is 0.332. The fraction of sp³-hybridized carbons (Fsp3) is 0.692. The van der Waals surface area contributed by atoms with Crippen LogP contribution in [0.25, 0.3) is 0 Å². The molecule has 0 aromatic carbocycles. The molecule has 1 atom stereocenters. The van der Waals surface area contributed by atoms with E-state index >= 15 is 0 Å². The molecule has 1 heterocycles. The average molecular weight is 409 g/mol. The second-order valence-corrected chi connectivity index (χ2v) is 8.04. The van der Waals surface area contributed by atoms with Crippen LogP contribution in [-0.4, -0.2) is 63.2 Å². The standard InChI is InChI=1S/C13H21N5O4S2.S/c1-8(23)7-17(6)12(20)22-15-10-18(16-21-11(19)14-5)9(2)13(3,4)24-10;/h9H,7H2,1-6H3;/q;-2/p+1. The van der Waals surface area contributed by atoms with Crippen molar-refractivity contribution in [3.8, 4) is 0 Å². The minimum Gasteiger partial charge on any atom is -2.00 e. The molecule has 0 saturated carbocycles. The van der Waals surface area contributed by atoms with Crippen molar-refractivity contribution in [1.29, 1.82) is 0 Å². The number of oxime groups is 1. The van der Waals surface area contributed by atoms with Crippen molar-refractivity contribution in [2.24, 2.45) is 10.4 Å². The summed E-state index contributed by atoms with van der Waals surface area (Å²) in [5.41, 5.74) is 0. The zero-order valence-electron chi connectivity index (χ0n) is 14.9. The molecular formula is C13H22N5O4S3-. The molecule has 12 heteroatoms. The predicted octanol–water partition coefficient (Wildman–Crippen LogP) is 2.36. The molecule has 1 unspecified atom stereocenters. The number of rotatable bonds is 4. The maximum Gasteiger partial charge on any atom is 0.460 e. The van der Waals surface area contributed by atoms with Gasteiger partial charge in [0.1, 0.15) is 11.3 Å². The molecule has 25 heavy (non-hydrogen) atoms. The molecule has 1 aliphatic rings. The van der Waals surface area contributed by atoms with E-state index < -0.39 is 12.2 Å². The maximum atomic E-state index is 11.9. The molecule has 1 N–H and O–H groups in total. The second-order valence-electron chi connectivity index (χ2n) is 5.73. The molecule has 0 aliphatic carbocycles. The fourth-order valence-corrected chi connectivity index (χ4v) is 2.96. The normalized spacial score (nSPS) is 21.4. The zero-order valence-corrected chi connectivity index (χ0v) is 17.4. The van der Waals surface area contributed by atoms with Crippen molar-refractivity contribution in [3.05, 3.63) is 0 Å². The van der Waals surface area contributed by atoms with Crippen molar-refractivity contribution in [1.82, 2.24) is 10.2 Å². The van der Waals surface area contributed by atoms with Crippen molar-refractivity contribution >= 4 is 59.7 Å². The molecule has 0 spiro atoms. The van der Waals surface area contributed by atoms with Gasteiger partial charge in [-0.15, -0.1) is 0 Å². The molecule has 142 valence electrons. The Hall–Kier alpha value is -1.40. The lowest BCUT2D eigenvalue weighted by atomic mass is 10.1. The van der Waals surface area contributed by atoms with E-state index in [1.807, 2.05) is 20.8 Å². The molecule has 0 aromatic rings. The highest BCUT2D eigenvalue weighted by molar-refractivity contribution is 8.14. The number of thioether (sulfide) groups is 1. The minimum atomic E-state index is -0.704. The van der Waals surface area contributed by atoms with Gasteiger partial charge in [0.15, 0.2) is 5.16 Å². The van der Waals surface area contributed by atoms with Crippen LogP contribution < -0.4 is 5.32 Å². The lowest BCUT2D eigenvalue weighted by Crippen LogP contribution is -2.32. The number of thiocarbonyl (C=S) groups is 1. The first kappa shape index (κ1) is 23.6. The number of carbonyl (C=O) groups excluding carboxylic acids is 2. The van der Waals surface area contributed by atoms with Crippen LogP contribution in [0.4, 0.5) is 9.59 Å². The van der Waals surface area contributed by atoms with E-state index in [2.05, 4.69) is 15.8 Å². The Kier molecular flexibility index (Phi) is 9.37. The molecule has 1 aliphatic heterocycles. The first-order valence-corrected chi connectivity index (χ1v) is 8.38. The Morgan fingerprint density at radius 2 is 2.04 bits per heavy atom. The Bertz CT molecular complexity index is 594. The van der Waals surface area contributed by atoms with Crippen LogP contribution in [0.2, 0.25) is 0 Å². The van der Waals surface area contributed by atoms with Crippen LogP contribution in [0, 0.1) is 0 Å². The van der Waals surface area contributed by atoms with Crippen LogP contribution in [0.5, 0.6) is 0 Å². The summed E-state index contributed by atoms with van der Waals surface area (Å²) in [6, 6.07) is -0.134. The first-order valence-electron chi connectivity index (χ1n) is 7.16. The lowest BCUT2D eigenvalue weighted by Gasteiger charge is -2.15. The van der Waals surface area contributed by atoms with E-state index in [-0.39, 0.29) is 24.3 Å². The van der Waals surface area contributed by atoms with E-state index in [0.717, 1.165) is 0 Å². The third-order valence-corrected chi connectivity index (χ3v) is 4.75. The van der Waals surface area contributed by atoms with E-state index in [4.69, 9.17) is 21.9 Å². The SMILES string of the molecule is CNC(=O)ON=[N+]1C(=NOC(=O)N(C)CC(C)=S)SC(C)(C)C1C.[S-2]. The van der Waals surface area contributed by atoms with Gasteiger partial charge in [-0.05, 0) is 39.5 Å². The number of amides is 2. The summed E-state index contributed by atoms with van der Waals surface area (Å²) in [6.07, 6.45) is -1.35. The van der Waals surface area contributed by atoms with Gasteiger partial charge in [0.05, 0.1) is 11.3 Å². The van der Waals surface area contributed by atoms with Crippen molar-refractivity contribution < 1.29 is 24.0 Å².